The van der Waals surface area contributed by atoms with Crippen LogP contribution < -0.4 is 5.19 Å². The van der Waals surface area contributed by atoms with Crippen molar-refractivity contribution in [2.45, 2.75) is 39.3 Å². The van der Waals surface area contributed by atoms with Gasteiger partial charge in [-0.15, -0.1) is 0 Å². The van der Waals surface area contributed by atoms with E-state index in [1.54, 1.807) is 12.3 Å². The fourth-order valence-corrected chi connectivity index (χ4v) is 4.60. The van der Waals surface area contributed by atoms with Crippen molar-refractivity contribution in [2.24, 2.45) is 0 Å². The first-order chi connectivity index (χ1) is 13.8. The van der Waals surface area contributed by atoms with Gasteiger partial charge in [0.05, 0.1) is 13.8 Å². The van der Waals surface area contributed by atoms with Crippen LogP contribution >= 0.6 is 0 Å². The highest BCUT2D eigenvalue weighted by Gasteiger charge is 2.25. The summed E-state index contributed by atoms with van der Waals surface area (Å²) in [5, 5.41) is 1.05. The van der Waals surface area contributed by atoms with E-state index in [0.717, 1.165) is 22.4 Å². The summed E-state index contributed by atoms with van der Waals surface area (Å²) in [6.07, 6.45) is 1.77. The van der Waals surface area contributed by atoms with Gasteiger partial charge in [-0.25, -0.2) is 4.39 Å². The molecule has 134 valence electrons. The van der Waals surface area contributed by atoms with Gasteiger partial charge in [0.1, 0.15) is 5.82 Å². The molecule has 1 unspecified atom stereocenters. The van der Waals surface area contributed by atoms with Gasteiger partial charge in [-0.05, 0) is 46.9 Å². The molecular formula is C23H26FNSi. The van der Waals surface area contributed by atoms with Gasteiger partial charge in [-0.2, -0.15) is 0 Å². The van der Waals surface area contributed by atoms with Crippen LogP contribution in [-0.2, 0) is 0 Å². The van der Waals surface area contributed by atoms with E-state index >= 15 is 0 Å². The lowest BCUT2D eigenvalue weighted by Crippen LogP contribution is -2.41. The van der Waals surface area contributed by atoms with Crippen molar-refractivity contribution in [1.29, 1.82) is 0 Å². The molecule has 1 heterocycles. The van der Waals surface area contributed by atoms with Crippen LogP contribution in [0.5, 0.6) is 0 Å². The molecule has 0 radical (unpaired) electrons. The van der Waals surface area contributed by atoms with E-state index < -0.39 is 26.6 Å². The summed E-state index contributed by atoms with van der Waals surface area (Å²) in [5.74, 6) is -1.67. The lowest BCUT2D eigenvalue weighted by molar-refractivity contribution is 0.629. The van der Waals surface area contributed by atoms with Crippen LogP contribution in [-0.4, -0.2) is 13.1 Å². The molecular weight excluding hydrogens is 337 g/mol. The van der Waals surface area contributed by atoms with Crippen molar-refractivity contribution >= 4 is 13.3 Å². The zero-order valence-electron chi connectivity index (χ0n) is 19.6. The van der Waals surface area contributed by atoms with E-state index in [2.05, 4.69) is 24.6 Å². The Kier molecular flexibility index (Phi) is 3.82. The topological polar surface area (TPSA) is 12.9 Å². The third-order valence-electron chi connectivity index (χ3n) is 4.57. The van der Waals surface area contributed by atoms with Gasteiger partial charge in [0.15, 0.2) is 0 Å². The molecule has 2 aromatic carbocycles. The maximum atomic E-state index is 14.8. The molecule has 0 saturated carbocycles. The van der Waals surface area contributed by atoms with Crippen molar-refractivity contribution in [1.82, 2.24) is 4.98 Å². The van der Waals surface area contributed by atoms with Crippen LogP contribution in [0.25, 0.3) is 11.3 Å². The molecule has 26 heavy (non-hydrogen) atoms. The summed E-state index contributed by atoms with van der Waals surface area (Å²) >= 11 is 0. The van der Waals surface area contributed by atoms with Crippen molar-refractivity contribution in [3.05, 3.63) is 83.3 Å². The third-order valence-corrected chi connectivity index (χ3v) is 6.58. The average Bonchev–Trinajstić information content (AvgIpc) is 2.66. The molecule has 3 heteroatoms. The lowest BCUT2D eigenvalue weighted by atomic mass is 9.92. The van der Waals surface area contributed by atoms with Crippen LogP contribution in [0.2, 0.25) is 19.6 Å². The van der Waals surface area contributed by atoms with Crippen molar-refractivity contribution in [3.63, 3.8) is 0 Å². The van der Waals surface area contributed by atoms with Gasteiger partial charge < -0.3 is 0 Å². The molecule has 0 spiro atoms. The number of benzene rings is 2. The van der Waals surface area contributed by atoms with Gasteiger partial charge in [0, 0.05) is 23.1 Å². The second kappa shape index (κ2) is 7.16. The minimum absolute atomic E-state index is 0.0442. The van der Waals surface area contributed by atoms with Gasteiger partial charge in [0.25, 0.3) is 0 Å². The highest BCUT2D eigenvalue weighted by Crippen LogP contribution is 2.29. The monoisotopic (exact) mass is 367 g/mol. The van der Waals surface area contributed by atoms with Gasteiger partial charge in [0.2, 0.25) is 0 Å². The molecule has 3 aromatic rings. The summed E-state index contributed by atoms with van der Waals surface area (Å²) in [5.41, 5.74) is 2.24. The maximum absolute atomic E-state index is 14.8. The molecule has 1 aromatic heterocycles. The Labute approximate surface area is 162 Å². The highest BCUT2D eigenvalue weighted by molar-refractivity contribution is 6.89. The number of halogens is 1. The SMILES string of the molecule is [2H]C([2H])([2H])c1ccc(-c2cc(C([2H])(C)c3ccccc3)c([Si](C)(C)C)cn2)c(F)c1. The smallest absolute Gasteiger partial charge is 0.132 e. The number of hydrogen-bond acceptors (Lipinski definition) is 1. The minimum atomic E-state index is -2.37. The second-order valence-corrected chi connectivity index (χ2v) is 12.6. The Bertz CT molecular complexity index is 1060. The highest BCUT2D eigenvalue weighted by atomic mass is 28.3. The first kappa shape index (κ1) is 13.9. The van der Waals surface area contributed by atoms with Gasteiger partial charge in [-0.1, -0.05) is 63.0 Å². The number of rotatable bonds is 4. The number of pyridine rings is 1. The fourth-order valence-electron chi connectivity index (χ4n) is 3.08. The first-order valence-electron chi connectivity index (χ1n) is 10.7. The Morgan fingerprint density at radius 3 is 2.42 bits per heavy atom. The Morgan fingerprint density at radius 1 is 1.08 bits per heavy atom. The van der Waals surface area contributed by atoms with E-state index in [-0.39, 0.29) is 11.1 Å². The van der Waals surface area contributed by atoms with E-state index in [4.69, 9.17) is 4.11 Å². The molecule has 0 fully saturated rings. The summed E-state index contributed by atoms with van der Waals surface area (Å²) in [7, 11) is -1.84. The van der Waals surface area contributed by atoms with Crippen molar-refractivity contribution in [3.8, 4) is 11.3 Å². The van der Waals surface area contributed by atoms with E-state index in [1.807, 2.05) is 37.3 Å². The molecule has 0 aliphatic heterocycles. The first-order valence-corrected chi connectivity index (χ1v) is 12.2. The average molecular weight is 368 g/mol. The fraction of sp³-hybridized carbons (Fsp3) is 0.261. The molecule has 0 aliphatic rings. The van der Waals surface area contributed by atoms with Crippen LogP contribution in [0.15, 0.2) is 60.8 Å². The predicted octanol–water partition coefficient (Wildman–Crippen LogP) is 5.89. The van der Waals surface area contributed by atoms with Crippen LogP contribution in [0.4, 0.5) is 4.39 Å². The zero-order chi connectivity index (χ0) is 22.3. The van der Waals surface area contributed by atoms with E-state index in [0.29, 0.717) is 5.69 Å². The lowest BCUT2D eigenvalue weighted by Gasteiger charge is -2.25. The molecule has 1 atom stereocenters. The van der Waals surface area contributed by atoms with E-state index in [1.165, 1.54) is 12.1 Å². The van der Waals surface area contributed by atoms with Crippen molar-refractivity contribution in [2.75, 3.05) is 0 Å². The second-order valence-electron chi connectivity index (χ2n) is 7.55. The summed E-state index contributed by atoms with van der Waals surface area (Å²) in [6.45, 7) is 6.06. The van der Waals surface area contributed by atoms with Gasteiger partial charge >= 0.3 is 0 Å². The largest absolute Gasteiger partial charge is 0.256 e. The molecule has 1 nitrogen and oxygen atoms in total. The Balaban J connectivity index is 2.20. The standard InChI is InChI=1S/C23H26FNSi/c1-16-11-12-19(21(24)13-16)22-14-20(23(15-25-22)26(3,4)5)17(2)18-9-7-6-8-10-18/h6-15,17H,1-5H3/i1D3,17D. The minimum Gasteiger partial charge on any atom is -0.256 e. The zero-order valence-corrected chi connectivity index (χ0v) is 16.6. The molecule has 0 saturated heterocycles. The summed E-state index contributed by atoms with van der Waals surface area (Å²) in [4.78, 5) is 4.51. The molecule has 0 N–H and O–H groups in total. The molecule has 0 bridgehead atoms. The molecule has 0 amide bonds. The third kappa shape index (κ3) is 3.78. The van der Waals surface area contributed by atoms with Gasteiger partial charge in [-0.3, -0.25) is 4.98 Å². The molecule has 3 rings (SSSR count). The quantitative estimate of drug-likeness (QED) is 0.524. The number of aromatic nitrogens is 1. The van der Waals surface area contributed by atoms with Crippen molar-refractivity contribution < 1.29 is 9.87 Å². The molecule has 0 aliphatic carbocycles. The van der Waals surface area contributed by atoms with E-state index in [9.17, 15) is 5.76 Å². The normalized spacial score (nSPS) is 16.8. The van der Waals surface area contributed by atoms with Crippen LogP contribution in [0, 0.1) is 12.7 Å². The number of nitrogens with zero attached hydrogens (tertiary/aromatic N) is 1. The number of hydrogen-bond donors (Lipinski definition) is 0. The van der Waals surface area contributed by atoms with Crippen LogP contribution in [0.3, 0.4) is 0 Å². The Morgan fingerprint density at radius 2 is 1.81 bits per heavy atom. The Hall–Kier alpha value is -2.26. The maximum Gasteiger partial charge on any atom is 0.132 e. The summed E-state index contributed by atoms with van der Waals surface area (Å²) in [6, 6.07) is 15.3. The van der Waals surface area contributed by atoms with Crippen LogP contribution in [0.1, 0.15) is 35.0 Å². The predicted molar refractivity (Wildman–Crippen MR) is 111 cm³/mol. The number of aryl methyl sites for hydroxylation is 1. The summed E-state index contributed by atoms with van der Waals surface area (Å²) < 4.78 is 46.5.